The van der Waals surface area contributed by atoms with Gasteiger partial charge in [-0.1, -0.05) is 6.92 Å². The third-order valence-electron chi connectivity index (χ3n) is 3.87. The molecule has 1 aromatic heterocycles. The highest BCUT2D eigenvalue weighted by Crippen LogP contribution is 2.21. The SMILES string of the molecule is CCC(=O)/C=C/c1cc2cc(NC(=O)c3ccc(N)cc3)ccc2[nH]1. The number of carbonyl (C=O) groups is 2. The van der Waals surface area contributed by atoms with Crippen LogP contribution in [-0.2, 0) is 4.79 Å². The van der Waals surface area contributed by atoms with Gasteiger partial charge in [-0.2, -0.15) is 0 Å². The van der Waals surface area contributed by atoms with Crippen molar-refractivity contribution < 1.29 is 9.59 Å². The largest absolute Gasteiger partial charge is 0.399 e. The Labute approximate surface area is 145 Å². The van der Waals surface area contributed by atoms with Gasteiger partial charge in [-0.3, -0.25) is 9.59 Å². The van der Waals surface area contributed by atoms with Crippen LogP contribution in [0.25, 0.3) is 17.0 Å². The molecule has 2 aromatic carbocycles. The Morgan fingerprint density at radius 1 is 1.12 bits per heavy atom. The number of hydrogen-bond donors (Lipinski definition) is 3. The average molecular weight is 333 g/mol. The van der Waals surface area contributed by atoms with Crippen LogP contribution in [0.5, 0.6) is 0 Å². The van der Waals surface area contributed by atoms with Crippen LogP contribution < -0.4 is 11.1 Å². The number of hydrogen-bond acceptors (Lipinski definition) is 3. The normalized spacial score (nSPS) is 11.1. The highest BCUT2D eigenvalue weighted by Gasteiger charge is 2.07. The van der Waals surface area contributed by atoms with E-state index in [4.69, 9.17) is 5.73 Å². The van der Waals surface area contributed by atoms with Gasteiger partial charge in [0.05, 0.1) is 0 Å². The lowest BCUT2D eigenvalue weighted by Gasteiger charge is -2.05. The van der Waals surface area contributed by atoms with E-state index in [1.54, 1.807) is 36.4 Å². The van der Waals surface area contributed by atoms with Crippen LogP contribution in [0.4, 0.5) is 11.4 Å². The molecule has 0 aliphatic heterocycles. The molecule has 0 saturated carbocycles. The molecule has 1 heterocycles. The Balaban J connectivity index is 1.78. The maximum atomic E-state index is 12.3. The van der Waals surface area contributed by atoms with Gasteiger partial charge >= 0.3 is 0 Å². The van der Waals surface area contributed by atoms with Crippen molar-refractivity contribution >= 4 is 40.0 Å². The number of aromatic nitrogens is 1. The molecule has 0 atom stereocenters. The van der Waals surface area contributed by atoms with Crippen molar-refractivity contribution in [3.05, 3.63) is 65.9 Å². The quantitative estimate of drug-likeness (QED) is 0.487. The van der Waals surface area contributed by atoms with E-state index in [1.165, 1.54) is 0 Å². The number of nitrogen functional groups attached to an aromatic ring is 1. The van der Waals surface area contributed by atoms with Crippen LogP contribution in [0, 0.1) is 0 Å². The summed E-state index contributed by atoms with van der Waals surface area (Å²) in [5.41, 5.74) is 9.29. The van der Waals surface area contributed by atoms with Gasteiger partial charge < -0.3 is 16.0 Å². The van der Waals surface area contributed by atoms with Crippen LogP contribution >= 0.6 is 0 Å². The highest BCUT2D eigenvalue weighted by atomic mass is 16.1. The van der Waals surface area contributed by atoms with Crippen molar-refractivity contribution in [3.8, 4) is 0 Å². The summed E-state index contributed by atoms with van der Waals surface area (Å²) in [5.74, 6) is -0.112. The van der Waals surface area contributed by atoms with E-state index in [9.17, 15) is 9.59 Å². The minimum absolute atomic E-state index is 0.0788. The molecule has 25 heavy (non-hydrogen) atoms. The van der Waals surface area contributed by atoms with Crippen LogP contribution in [0.1, 0.15) is 29.4 Å². The van der Waals surface area contributed by atoms with Crippen LogP contribution in [0.2, 0.25) is 0 Å². The molecule has 0 saturated heterocycles. The van der Waals surface area contributed by atoms with E-state index in [0.717, 1.165) is 16.6 Å². The number of H-pyrrole nitrogens is 1. The van der Waals surface area contributed by atoms with Gasteiger partial charge in [0.1, 0.15) is 0 Å². The number of carbonyl (C=O) groups excluding carboxylic acids is 2. The maximum Gasteiger partial charge on any atom is 0.255 e. The van der Waals surface area contributed by atoms with Gasteiger partial charge in [0.15, 0.2) is 5.78 Å². The lowest BCUT2D eigenvalue weighted by atomic mass is 10.2. The van der Waals surface area contributed by atoms with Crippen molar-refractivity contribution in [1.29, 1.82) is 0 Å². The third-order valence-corrected chi connectivity index (χ3v) is 3.87. The molecule has 0 fully saturated rings. The average Bonchev–Trinajstić information content (AvgIpc) is 3.02. The summed E-state index contributed by atoms with van der Waals surface area (Å²) in [5, 5.41) is 3.83. The first-order valence-electron chi connectivity index (χ1n) is 8.06. The summed E-state index contributed by atoms with van der Waals surface area (Å²) in [6, 6.07) is 14.3. The first-order valence-corrected chi connectivity index (χ1v) is 8.06. The number of amides is 1. The van der Waals surface area contributed by atoms with Gasteiger partial charge in [0, 0.05) is 40.0 Å². The lowest BCUT2D eigenvalue weighted by Crippen LogP contribution is -2.11. The molecule has 3 aromatic rings. The van der Waals surface area contributed by atoms with Crippen molar-refractivity contribution in [1.82, 2.24) is 4.98 Å². The Kier molecular flexibility index (Phi) is 4.66. The van der Waals surface area contributed by atoms with E-state index >= 15 is 0 Å². The standard InChI is InChI=1S/C20H19N3O2/c1-2-18(24)9-7-16-11-14-12-17(8-10-19(14)22-16)23-20(25)13-3-5-15(21)6-4-13/h3-12,22H,2,21H2,1H3,(H,23,25)/b9-7+. The predicted molar refractivity (Wildman–Crippen MR) is 101 cm³/mol. The van der Waals surface area contributed by atoms with Gasteiger partial charge in [0.2, 0.25) is 0 Å². The van der Waals surface area contributed by atoms with Gasteiger partial charge in [-0.15, -0.1) is 0 Å². The molecule has 0 bridgehead atoms. The molecule has 0 spiro atoms. The molecule has 0 aliphatic carbocycles. The number of ketones is 1. The van der Waals surface area contributed by atoms with E-state index in [0.29, 0.717) is 23.4 Å². The smallest absolute Gasteiger partial charge is 0.255 e. The second-order valence-electron chi connectivity index (χ2n) is 5.76. The van der Waals surface area contributed by atoms with Crippen molar-refractivity contribution in [2.24, 2.45) is 0 Å². The molecular weight excluding hydrogens is 314 g/mol. The molecule has 126 valence electrons. The number of benzene rings is 2. The second-order valence-corrected chi connectivity index (χ2v) is 5.76. The molecule has 5 nitrogen and oxygen atoms in total. The van der Waals surface area contributed by atoms with Gasteiger partial charge in [-0.25, -0.2) is 0 Å². The Morgan fingerprint density at radius 3 is 2.60 bits per heavy atom. The molecule has 0 radical (unpaired) electrons. The number of nitrogens with one attached hydrogen (secondary N) is 2. The first kappa shape index (κ1) is 16.5. The number of aromatic amines is 1. The van der Waals surface area contributed by atoms with Crippen molar-refractivity contribution in [2.45, 2.75) is 13.3 Å². The number of allylic oxidation sites excluding steroid dienone is 1. The fourth-order valence-electron chi connectivity index (χ4n) is 2.46. The van der Waals surface area contributed by atoms with Crippen molar-refractivity contribution in [2.75, 3.05) is 11.1 Å². The molecule has 1 amide bonds. The predicted octanol–water partition coefficient (Wildman–Crippen LogP) is 3.99. The Bertz CT molecular complexity index is 953. The summed E-state index contributed by atoms with van der Waals surface area (Å²) in [4.78, 5) is 26.9. The summed E-state index contributed by atoms with van der Waals surface area (Å²) in [6.45, 7) is 1.83. The summed E-state index contributed by atoms with van der Waals surface area (Å²) < 4.78 is 0. The minimum atomic E-state index is -0.191. The molecule has 4 N–H and O–H groups in total. The highest BCUT2D eigenvalue weighted by molar-refractivity contribution is 6.05. The van der Waals surface area contributed by atoms with Crippen LogP contribution in [-0.4, -0.2) is 16.7 Å². The summed E-state index contributed by atoms with van der Waals surface area (Å²) in [6.07, 6.45) is 3.81. The summed E-state index contributed by atoms with van der Waals surface area (Å²) >= 11 is 0. The fraction of sp³-hybridized carbons (Fsp3) is 0.100. The fourth-order valence-corrected chi connectivity index (χ4v) is 2.46. The Morgan fingerprint density at radius 2 is 1.88 bits per heavy atom. The number of rotatable bonds is 5. The van der Waals surface area contributed by atoms with E-state index in [2.05, 4.69) is 10.3 Å². The molecule has 3 rings (SSSR count). The van der Waals surface area contributed by atoms with Gasteiger partial charge in [0.25, 0.3) is 5.91 Å². The Hall–Kier alpha value is -3.34. The lowest BCUT2D eigenvalue weighted by molar-refractivity contribution is -0.114. The second kappa shape index (κ2) is 7.05. The minimum Gasteiger partial charge on any atom is -0.399 e. The molecule has 0 aliphatic rings. The van der Waals surface area contributed by atoms with E-state index in [-0.39, 0.29) is 11.7 Å². The zero-order chi connectivity index (χ0) is 17.8. The summed E-state index contributed by atoms with van der Waals surface area (Å²) in [7, 11) is 0. The number of nitrogens with two attached hydrogens (primary N) is 1. The number of fused-ring (bicyclic) bond motifs is 1. The zero-order valence-corrected chi connectivity index (χ0v) is 13.9. The third kappa shape index (κ3) is 3.95. The van der Waals surface area contributed by atoms with Crippen LogP contribution in [0.3, 0.4) is 0 Å². The van der Waals surface area contributed by atoms with Crippen molar-refractivity contribution in [3.63, 3.8) is 0 Å². The monoisotopic (exact) mass is 333 g/mol. The number of anilines is 2. The maximum absolute atomic E-state index is 12.3. The van der Waals surface area contributed by atoms with Crippen LogP contribution in [0.15, 0.2) is 54.6 Å². The topological polar surface area (TPSA) is 88.0 Å². The molecule has 0 unspecified atom stereocenters. The molecular formula is C20H19N3O2. The first-order chi connectivity index (χ1) is 12.0. The zero-order valence-electron chi connectivity index (χ0n) is 13.9. The van der Waals surface area contributed by atoms with E-state index < -0.39 is 0 Å². The van der Waals surface area contributed by atoms with Gasteiger partial charge in [-0.05, 0) is 60.7 Å². The van der Waals surface area contributed by atoms with E-state index in [1.807, 2.05) is 31.2 Å². The molecule has 5 heteroatoms.